The van der Waals surface area contributed by atoms with Crippen LogP contribution in [0.5, 0.6) is 0 Å². The third-order valence-electron chi connectivity index (χ3n) is 1.44. The minimum atomic E-state index is -4.03. The first-order chi connectivity index (χ1) is 7.59. The predicted molar refractivity (Wildman–Crippen MR) is 63.5 cm³/mol. The van der Waals surface area contributed by atoms with Crippen molar-refractivity contribution in [2.75, 3.05) is 16.1 Å². The van der Waals surface area contributed by atoms with Crippen LogP contribution in [-0.4, -0.2) is 39.3 Å². The fourth-order valence-electron chi connectivity index (χ4n) is 0.972. The highest BCUT2D eigenvalue weighted by atomic mass is 32.3. The lowest BCUT2D eigenvalue weighted by Crippen LogP contribution is -2.21. The normalized spacial score (nSPS) is 12.3. The lowest BCUT2D eigenvalue weighted by atomic mass is 10.5. The van der Waals surface area contributed by atoms with Gasteiger partial charge in [-0.05, 0) is 12.1 Å². The number of sulfone groups is 1. The Bertz CT molecular complexity index is 626. The summed E-state index contributed by atoms with van der Waals surface area (Å²) < 4.78 is 46.4. The molecule has 0 aromatic carbocycles. The molecule has 0 unspecified atom stereocenters. The SMILES string of the molecule is CS(=O)(=O)CS(=O)(=O)Nc1ccc(C(=O)O)s1. The number of hydrogen-bond acceptors (Lipinski definition) is 6. The smallest absolute Gasteiger partial charge is 0.345 e. The third kappa shape index (κ3) is 4.71. The number of sulfonamides is 1. The van der Waals surface area contributed by atoms with Crippen molar-refractivity contribution in [2.45, 2.75) is 0 Å². The molecule has 0 aliphatic heterocycles. The van der Waals surface area contributed by atoms with E-state index in [0.717, 1.165) is 6.26 Å². The Morgan fingerprint density at radius 3 is 2.35 bits per heavy atom. The molecule has 0 atom stereocenters. The second kappa shape index (κ2) is 4.63. The van der Waals surface area contributed by atoms with E-state index in [4.69, 9.17) is 5.11 Å². The van der Waals surface area contributed by atoms with Gasteiger partial charge in [0.1, 0.15) is 9.88 Å². The highest BCUT2D eigenvalue weighted by Gasteiger charge is 2.19. The van der Waals surface area contributed by atoms with Gasteiger partial charge < -0.3 is 5.11 Å². The average molecular weight is 299 g/mol. The van der Waals surface area contributed by atoms with Gasteiger partial charge in [-0.1, -0.05) is 0 Å². The first-order valence-electron chi connectivity index (χ1n) is 4.10. The topological polar surface area (TPSA) is 118 Å². The van der Waals surface area contributed by atoms with E-state index in [2.05, 4.69) is 0 Å². The van der Waals surface area contributed by atoms with Crippen LogP contribution in [0, 0.1) is 0 Å². The van der Waals surface area contributed by atoms with Crippen LogP contribution in [0.2, 0.25) is 0 Å². The fourth-order valence-corrected chi connectivity index (χ4v) is 4.98. The van der Waals surface area contributed by atoms with E-state index in [1.807, 2.05) is 4.72 Å². The lowest BCUT2D eigenvalue weighted by molar-refractivity contribution is 0.0702. The zero-order chi connectivity index (χ0) is 13.3. The maximum atomic E-state index is 11.4. The van der Waals surface area contributed by atoms with Crippen molar-refractivity contribution in [3.05, 3.63) is 17.0 Å². The van der Waals surface area contributed by atoms with Crippen LogP contribution in [0.4, 0.5) is 5.00 Å². The second-order valence-corrected chi connectivity index (χ2v) is 8.54. The van der Waals surface area contributed by atoms with Crippen LogP contribution in [0.1, 0.15) is 9.67 Å². The van der Waals surface area contributed by atoms with Gasteiger partial charge in [0.2, 0.25) is 10.0 Å². The molecule has 2 N–H and O–H groups in total. The van der Waals surface area contributed by atoms with Gasteiger partial charge in [0.25, 0.3) is 0 Å². The molecule has 0 bridgehead atoms. The van der Waals surface area contributed by atoms with Gasteiger partial charge in [0, 0.05) is 6.26 Å². The quantitative estimate of drug-likeness (QED) is 0.801. The summed E-state index contributed by atoms with van der Waals surface area (Å²) in [5.74, 6) is -1.18. The molecule has 1 rings (SSSR count). The van der Waals surface area contributed by atoms with Crippen LogP contribution < -0.4 is 4.72 Å². The summed E-state index contributed by atoms with van der Waals surface area (Å²) >= 11 is 0.709. The zero-order valence-corrected chi connectivity index (χ0v) is 11.0. The molecule has 0 spiro atoms. The van der Waals surface area contributed by atoms with E-state index < -0.39 is 30.9 Å². The van der Waals surface area contributed by atoms with Crippen LogP contribution >= 0.6 is 11.3 Å². The number of nitrogens with one attached hydrogen (secondary N) is 1. The Morgan fingerprint density at radius 2 is 1.94 bits per heavy atom. The molecule has 0 aliphatic carbocycles. The van der Waals surface area contributed by atoms with Gasteiger partial charge in [-0.3, -0.25) is 4.72 Å². The molecule has 7 nitrogen and oxygen atoms in total. The second-order valence-electron chi connectivity index (χ2n) is 3.23. The Labute approximate surface area is 102 Å². The Morgan fingerprint density at radius 1 is 1.35 bits per heavy atom. The summed E-state index contributed by atoms with van der Waals surface area (Å²) in [5.41, 5.74) is 0. The molecule has 17 heavy (non-hydrogen) atoms. The van der Waals surface area contributed by atoms with E-state index in [1.165, 1.54) is 12.1 Å². The van der Waals surface area contributed by atoms with E-state index in [0.29, 0.717) is 11.3 Å². The molecule has 1 aromatic rings. The number of thiophene rings is 1. The molecule has 0 saturated heterocycles. The van der Waals surface area contributed by atoms with Crippen molar-refractivity contribution >= 4 is 42.2 Å². The van der Waals surface area contributed by atoms with Gasteiger partial charge in [0.05, 0.1) is 0 Å². The molecule has 1 heterocycles. The molecule has 96 valence electrons. The summed E-state index contributed by atoms with van der Waals surface area (Å²) in [5, 5.41) is 7.64. The van der Waals surface area contributed by atoms with Crippen molar-refractivity contribution in [2.24, 2.45) is 0 Å². The van der Waals surface area contributed by atoms with Gasteiger partial charge in [0.15, 0.2) is 14.9 Å². The molecular weight excluding hydrogens is 290 g/mol. The number of aromatic carboxylic acids is 1. The summed E-state index contributed by atoms with van der Waals surface area (Å²) in [6.45, 7) is 0. The van der Waals surface area contributed by atoms with Gasteiger partial charge in [-0.2, -0.15) is 0 Å². The van der Waals surface area contributed by atoms with Gasteiger partial charge in [-0.15, -0.1) is 11.3 Å². The molecule has 10 heteroatoms. The molecule has 0 saturated carbocycles. The number of hydrogen-bond donors (Lipinski definition) is 2. The van der Waals surface area contributed by atoms with Crippen LogP contribution in [0.15, 0.2) is 12.1 Å². The number of carboxylic acid groups (broad SMARTS) is 1. The third-order valence-corrected chi connectivity index (χ3v) is 6.04. The molecule has 0 amide bonds. The highest BCUT2D eigenvalue weighted by molar-refractivity contribution is 8.08. The van der Waals surface area contributed by atoms with Crippen LogP contribution in [0.25, 0.3) is 0 Å². The standard InChI is InChI=1S/C7H9NO6S3/c1-16(11,12)4-17(13,14)8-6-3-2-5(15-6)7(9)10/h2-3,8H,4H2,1H3,(H,9,10). The van der Waals surface area contributed by atoms with Crippen molar-refractivity contribution in [1.29, 1.82) is 0 Å². The van der Waals surface area contributed by atoms with Crippen molar-refractivity contribution in [1.82, 2.24) is 0 Å². The maximum absolute atomic E-state index is 11.4. The Kier molecular flexibility index (Phi) is 3.79. The minimum absolute atomic E-state index is 0.0398. The van der Waals surface area contributed by atoms with E-state index >= 15 is 0 Å². The first-order valence-corrected chi connectivity index (χ1v) is 8.63. The van der Waals surface area contributed by atoms with E-state index in [-0.39, 0.29) is 9.88 Å². The Balaban J connectivity index is 2.87. The minimum Gasteiger partial charge on any atom is -0.477 e. The van der Waals surface area contributed by atoms with Crippen molar-refractivity contribution < 1.29 is 26.7 Å². The van der Waals surface area contributed by atoms with Crippen LogP contribution in [0.3, 0.4) is 0 Å². The van der Waals surface area contributed by atoms with E-state index in [9.17, 15) is 21.6 Å². The number of carbonyl (C=O) groups is 1. The summed E-state index contributed by atoms with van der Waals surface area (Å²) in [6, 6.07) is 2.49. The first kappa shape index (κ1) is 13.9. The highest BCUT2D eigenvalue weighted by Crippen LogP contribution is 2.23. The maximum Gasteiger partial charge on any atom is 0.345 e. The number of carboxylic acids is 1. The summed E-state index contributed by atoms with van der Waals surface area (Å²) in [6.07, 6.45) is 0.795. The summed E-state index contributed by atoms with van der Waals surface area (Å²) in [7, 11) is -7.70. The van der Waals surface area contributed by atoms with Gasteiger partial charge in [-0.25, -0.2) is 21.6 Å². The largest absolute Gasteiger partial charge is 0.477 e. The molecule has 0 radical (unpaired) electrons. The number of anilines is 1. The number of rotatable bonds is 5. The molecule has 1 aromatic heterocycles. The molecule has 0 fully saturated rings. The monoisotopic (exact) mass is 299 g/mol. The lowest BCUT2D eigenvalue weighted by Gasteiger charge is -2.03. The van der Waals surface area contributed by atoms with Crippen molar-refractivity contribution in [3.63, 3.8) is 0 Å². The fraction of sp³-hybridized carbons (Fsp3) is 0.286. The summed E-state index contributed by atoms with van der Waals surface area (Å²) in [4.78, 5) is 10.5. The zero-order valence-electron chi connectivity index (χ0n) is 8.58. The van der Waals surface area contributed by atoms with Crippen LogP contribution in [-0.2, 0) is 19.9 Å². The Hall–Kier alpha value is -1.13. The average Bonchev–Trinajstić information content (AvgIpc) is 2.46. The molecule has 0 aliphatic rings. The molecular formula is C7H9NO6S3. The predicted octanol–water partition coefficient (Wildman–Crippen LogP) is 0.190. The van der Waals surface area contributed by atoms with Crippen molar-refractivity contribution in [3.8, 4) is 0 Å². The van der Waals surface area contributed by atoms with Gasteiger partial charge >= 0.3 is 5.97 Å². The van der Waals surface area contributed by atoms with E-state index in [1.54, 1.807) is 0 Å².